The topological polar surface area (TPSA) is 53.4 Å². The van der Waals surface area contributed by atoms with Crippen molar-refractivity contribution in [1.82, 2.24) is 4.98 Å². The number of hydrogen-bond donors (Lipinski definition) is 1. The Morgan fingerprint density at radius 3 is 2.94 bits per heavy atom. The van der Waals surface area contributed by atoms with Gasteiger partial charge in [0.15, 0.2) is 0 Å². The lowest BCUT2D eigenvalue weighted by Crippen LogP contribution is -2.28. The van der Waals surface area contributed by atoms with Crippen molar-refractivity contribution >= 4 is 11.7 Å². The monoisotopic (exact) mass is 220 g/mol. The molecule has 86 valence electrons. The predicted octanol–water partition coefficient (Wildman–Crippen LogP) is 2.16. The summed E-state index contributed by atoms with van der Waals surface area (Å²) >= 11 is 0. The van der Waals surface area contributed by atoms with Gasteiger partial charge in [-0.25, -0.2) is 4.79 Å². The van der Waals surface area contributed by atoms with Crippen LogP contribution < -0.4 is 4.90 Å². The zero-order valence-electron chi connectivity index (χ0n) is 9.39. The summed E-state index contributed by atoms with van der Waals surface area (Å²) in [4.78, 5) is 17.2. The molecule has 1 aliphatic carbocycles. The standard InChI is InChI=1S/C12H16N2O2/c1-2-7-14(9-3-4-9)11-5-6-13-8-10(11)12(15)16/h5-6,8-9H,2-4,7H2,1H3,(H,15,16). The molecular formula is C12H16N2O2. The van der Waals surface area contributed by atoms with Gasteiger partial charge in [-0.15, -0.1) is 0 Å². The van der Waals surface area contributed by atoms with Crippen molar-refractivity contribution in [3.05, 3.63) is 24.0 Å². The molecule has 1 aromatic heterocycles. The number of carboxylic acid groups (broad SMARTS) is 1. The summed E-state index contributed by atoms with van der Waals surface area (Å²) in [6.45, 7) is 3.02. The van der Waals surface area contributed by atoms with Crippen LogP contribution in [0.15, 0.2) is 18.5 Å². The third kappa shape index (κ3) is 2.15. The van der Waals surface area contributed by atoms with Gasteiger partial charge in [-0.2, -0.15) is 0 Å². The largest absolute Gasteiger partial charge is 0.478 e. The van der Waals surface area contributed by atoms with E-state index in [1.54, 1.807) is 12.3 Å². The Morgan fingerprint density at radius 2 is 2.38 bits per heavy atom. The molecule has 0 amide bonds. The molecule has 0 radical (unpaired) electrons. The molecule has 1 heterocycles. The second kappa shape index (κ2) is 4.51. The Labute approximate surface area is 94.9 Å². The minimum absolute atomic E-state index is 0.308. The van der Waals surface area contributed by atoms with Gasteiger partial charge in [0, 0.05) is 25.0 Å². The zero-order valence-corrected chi connectivity index (χ0v) is 9.39. The molecule has 1 fully saturated rings. The minimum atomic E-state index is -0.898. The van der Waals surface area contributed by atoms with Crippen molar-refractivity contribution in [1.29, 1.82) is 0 Å². The van der Waals surface area contributed by atoms with Gasteiger partial charge in [-0.05, 0) is 25.3 Å². The molecule has 0 spiro atoms. The average molecular weight is 220 g/mol. The lowest BCUT2D eigenvalue weighted by Gasteiger charge is -2.25. The number of aromatic carboxylic acids is 1. The van der Waals surface area contributed by atoms with E-state index >= 15 is 0 Å². The maximum atomic E-state index is 11.1. The van der Waals surface area contributed by atoms with Gasteiger partial charge in [-0.3, -0.25) is 4.98 Å². The normalized spacial score (nSPS) is 14.8. The van der Waals surface area contributed by atoms with Gasteiger partial charge in [0.05, 0.1) is 5.69 Å². The molecule has 4 nitrogen and oxygen atoms in total. The van der Waals surface area contributed by atoms with E-state index in [1.165, 1.54) is 19.0 Å². The van der Waals surface area contributed by atoms with Crippen LogP contribution in [0.1, 0.15) is 36.5 Å². The first-order valence-electron chi connectivity index (χ1n) is 5.68. The molecule has 0 aromatic carbocycles. The maximum absolute atomic E-state index is 11.1. The highest BCUT2D eigenvalue weighted by molar-refractivity contribution is 5.94. The highest BCUT2D eigenvalue weighted by Gasteiger charge is 2.30. The molecule has 16 heavy (non-hydrogen) atoms. The Kier molecular flexibility index (Phi) is 3.08. The smallest absolute Gasteiger partial charge is 0.339 e. The van der Waals surface area contributed by atoms with E-state index in [9.17, 15) is 4.79 Å². The van der Waals surface area contributed by atoms with Crippen LogP contribution >= 0.6 is 0 Å². The van der Waals surface area contributed by atoms with E-state index in [0.29, 0.717) is 11.6 Å². The lowest BCUT2D eigenvalue weighted by atomic mass is 10.2. The van der Waals surface area contributed by atoms with Crippen LogP contribution in [0, 0.1) is 0 Å². The lowest BCUT2D eigenvalue weighted by molar-refractivity contribution is 0.0697. The van der Waals surface area contributed by atoms with Crippen molar-refractivity contribution in [2.24, 2.45) is 0 Å². The number of carboxylic acids is 1. The molecule has 1 aliphatic rings. The average Bonchev–Trinajstić information content (AvgIpc) is 3.10. The van der Waals surface area contributed by atoms with E-state index in [4.69, 9.17) is 5.11 Å². The van der Waals surface area contributed by atoms with E-state index in [1.807, 2.05) is 0 Å². The molecule has 0 unspecified atom stereocenters. The number of carbonyl (C=O) groups is 1. The maximum Gasteiger partial charge on any atom is 0.339 e. The number of nitrogens with zero attached hydrogens (tertiary/aromatic N) is 2. The van der Waals surface area contributed by atoms with E-state index < -0.39 is 5.97 Å². The first-order chi connectivity index (χ1) is 7.74. The second-order valence-electron chi connectivity index (χ2n) is 4.12. The Bertz CT molecular complexity index is 388. The molecule has 2 rings (SSSR count). The third-order valence-electron chi connectivity index (χ3n) is 2.79. The summed E-state index contributed by atoms with van der Waals surface area (Å²) in [6, 6.07) is 2.33. The minimum Gasteiger partial charge on any atom is -0.478 e. The first-order valence-corrected chi connectivity index (χ1v) is 5.68. The van der Waals surface area contributed by atoms with Crippen LogP contribution in [0.2, 0.25) is 0 Å². The van der Waals surface area contributed by atoms with Gasteiger partial charge in [0.25, 0.3) is 0 Å². The van der Waals surface area contributed by atoms with Crippen molar-refractivity contribution < 1.29 is 9.90 Å². The predicted molar refractivity (Wildman–Crippen MR) is 61.9 cm³/mol. The summed E-state index contributed by atoms with van der Waals surface area (Å²) < 4.78 is 0. The molecule has 1 saturated carbocycles. The number of pyridine rings is 1. The van der Waals surface area contributed by atoms with Crippen molar-refractivity contribution in [2.45, 2.75) is 32.2 Å². The molecule has 1 N–H and O–H groups in total. The van der Waals surface area contributed by atoms with E-state index in [-0.39, 0.29) is 0 Å². The van der Waals surface area contributed by atoms with Crippen LogP contribution in [0.5, 0.6) is 0 Å². The Morgan fingerprint density at radius 1 is 1.62 bits per heavy atom. The van der Waals surface area contributed by atoms with Gasteiger partial charge >= 0.3 is 5.97 Å². The second-order valence-corrected chi connectivity index (χ2v) is 4.12. The highest BCUT2D eigenvalue weighted by Crippen LogP contribution is 2.33. The fraction of sp³-hybridized carbons (Fsp3) is 0.500. The summed E-state index contributed by atoms with van der Waals surface area (Å²) in [7, 11) is 0. The van der Waals surface area contributed by atoms with Crippen molar-refractivity contribution in [3.8, 4) is 0 Å². The molecule has 0 aliphatic heterocycles. The van der Waals surface area contributed by atoms with E-state index in [2.05, 4.69) is 16.8 Å². The molecule has 0 atom stereocenters. The Balaban J connectivity index is 2.32. The molecular weight excluding hydrogens is 204 g/mol. The first kappa shape index (κ1) is 10.9. The van der Waals surface area contributed by atoms with Crippen LogP contribution in [0.25, 0.3) is 0 Å². The molecule has 1 aromatic rings. The summed E-state index contributed by atoms with van der Waals surface area (Å²) in [5, 5.41) is 9.12. The zero-order chi connectivity index (χ0) is 11.5. The number of anilines is 1. The van der Waals surface area contributed by atoms with Gasteiger partial charge in [0.1, 0.15) is 5.56 Å². The van der Waals surface area contributed by atoms with Crippen molar-refractivity contribution in [3.63, 3.8) is 0 Å². The van der Waals surface area contributed by atoms with Crippen LogP contribution in [0.4, 0.5) is 5.69 Å². The highest BCUT2D eigenvalue weighted by atomic mass is 16.4. The third-order valence-corrected chi connectivity index (χ3v) is 2.79. The van der Waals surface area contributed by atoms with Crippen LogP contribution in [-0.2, 0) is 0 Å². The molecule has 4 heteroatoms. The van der Waals surface area contributed by atoms with Crippen LogP contribution in [-0.4, -0.2) is 28.6 Å². The number of hydrogen-bond acceptors (Lipinski definition) is 3. The number of rotatable bonds is 5. The summed E-state index contributed by atoms with van der Waals surface area (Å²) in [5.74, 6) is -0.898. The van der Waals surface area contributed by atoms with Gasteiger partial charge in [-0.1, -0.05) is 6.92 Å². The fourth-order valence-corrected chi connectivity index (χ4v) is 1.93. The number of aromatic nitrogens is 1. The summed E-state index contributed by atoms with van der Waals surface area (Å²) in [5.41, 5.74) is 1.12. The Hall–Kier alpha value is -1.58. The summed E-state index contributed by atoms with van der Waals surface area (Å²) in [6.07, 6.45) is 6.45. The van der Waals surface area contributed by atoms with E-state index in [0.717, 1.165) is 18.7 Å². The molecule has 0 bridgehead atoms. The quantitative estimate of drug-likeness (QED) is 0.826. The SMILES string of the molecule is CCCN(c1ccncc1C(=O)O)C1CC1. The molecule has 0 saturated heterocycles. The fourth-order valence-electron chi connectivity index (χ4n) is 1.93. The van der Waals surface area contributed by atoms with Gasteiger partial charge < -0.3 is 10.0 Å². The van der Waals surface area contributed by atoms with Gasteiger partial charge in [0.2, 0.25) is 0 Å². The van der Waals surface area contributed by atoms with Crippen LogP contribution in [0.3, 0.4) is 0 Å². The van der Waals surface area contributed by atoms with Crippen molar-refractivity contribution in [2.75, 3.05) is 11.4 Å².